The second kappa shape index (κ2) is 7.79. The van der Waals surface area contributed by atoms with Gasteiger partial charge in [-0.25, -0.2) is 0 Å². The van der Waals surface area contributed by atoms with Gasteiger partial charge in [-0.05, 0) is 50.4 Å². The second-order valence-electron chi connectivity index (χ2n) is 5.35. The molecule has 0 radical (unpaired) electrons. The summed E-state index contributed by atoms with van der Waals surface area (Å²) in [4.78, 5) is 7.77. The van der Waals surface area contributed by atoms with E-state index < -0.39 is 0 Å². The molecule has 0 saturated heterocycles. The molecule has 0 bridgehead atoms. The molecule has 0 atom stereocenters. The van der Waals surface area contributed by atoms with Crippen molar-refractivity contribution in [1.82, 2.24) is 15.0 Å². The first kappa shape index (κ1) is 17.0. The fraction of sp³-hybridized carbons (Fsp3) is 0.294. The molecule has 1 aromatic carbocycles. The lowest BCUT2D eigenvalue weighted by atomic mass is 10.2. The van der Waals surface area contributed by atoms with E-state index in [0.29, 0.717) is 24.9 Å². The lowest BCUT2D eigenvalue weighted by molar-refractivity contribution is 0.262. The Hall–Kier alpha value is -1.89. The van der Waals surface area contributed by atoms with E-state index >= 15 is 0 Å². The van der Waals surface area contributed by atoms with Crippen LogP contribution in [0.4, 0.5) is 0 Å². The first-order chi connectivity index (χ1) is 11.6. The molecule has 0 spiro atoms. The lowest BCUT2D eigenvalue weighted by Crippen LogP contribution is -2.16. The number of ether oxygens (including phenoxy) is 1. The van der Waals surface area contributed by atoms with Gasteiger partial charge in [0.2, 0.25) is 11.7 Å². The number of aromatic nitrogens is 2. The zero-order valence-electron chi connectivity index (χ0n) is 13.5. The van der Waals surface area contributed by atoms with Crippen molar-refractivity contribution >= 4 is 22.9 Å². The molecular formula is C17H18ClN3O2S. The lowest BCUT2D eigenvalue weighted by Gasteiger charge is -2.12. The van der Waals surface area contributed by atoms with Gasteiger partial charge in [-0.1, -0.05) is 16.8 Å². The monoisotopic (exact) mass is 363 g/mol. The predicted molar refractivity (Wildman–Crippen MR) is 95.4 cm³/mol. The van der Waals surface area contributed by atoms with Crippen LogP contribution in [0.5, 0.6) is 5.75 Å². The average Bonchev–Trinajstić information content (AvgIpc) is 3.18. The molecule has 5 nitrogen and oxygen atoms in total. The van der Waals surface area contributed by atoms with Crippen molar-refractivity contribution in [3.63, 3.8) is 0 Å². The first-order valence-corrected chi connectivity index (χ1v) is 8.82. The fourth-order valence-corrected chi connectivity index (χ4v) is 3.46. The summed E-state index contributed by atoms with van der Waals surface area (Å²) in [5, 5.41) is 4.05. The van der Waals surface area contributed by atoms with Crippen molar-refractivity contribution in [2.24, 2.45) is 0 Å². The van der Waals surface area contributed by atoms with Crippen LogP contribution in [-0.4, -0.2) is 28.7 Å². The first-order valence-electron chi connectivity index (χ1n) is 7.62. The summed E-state index contributed by atoms with van der Waals surface area (Å²) in [5.41, 5.74) is 0.904. The van der Waals surface area contributed by atoms with E-state index in [1.54, 1.807) is 11.3 Å². The SMILES string of the molecule is CCOc1ccc(-c2noc(CN(C)Cc3ccc(Cl)s3)n2)cc1. The van der Waals surface area contributed by atoms with Gasteiger partial charge in [0.15, 0.2) is 0 Å². The highest BCUT2D eigenvalue weighted by molar-refractivity contribution is 7.16. The van der Waals surface area contributed by atoms with Crippen molar-refractivity contribution in [3.05, 3.63) is 51.5 Å². The zero-order chi connectivity index (χ0) is 16.9. The van der Waals surface area contributed by atoms with Crippen molar-refractivity contribution in [2.45, 2.75) is 20.0 Å². The Kier molecular flexibility index (Phi) is 5.50. The summed E-state index contributed by atoms with van der Waals surface area (Å²) < 4.78 is 11.6. The number of halogens is 1. The van der Waals surface area contributed by atoms with Gasteiger partial charge < -0.3 is 9.26 Å². The molecule has 24 heavy (non-hydrogen) atoms. The number of nitrogens with zero attached hydrogens (tertiary/aromatic N) is 3. The van der Waals surface area contributed by atoms with Crippen molar-refractivity contribution in [3.8, 4) is 17.1 Å². The van der Waals surface area contributed by atoms with E-state index in [1.807, 2.05) is 50.4 Å². The Bertz CT molecular complexity index is 785. The van der Waals surface area contributed by atoms with Crippen LogP contribution in [0.2, 0.25) is 4.34 Å². The van der Waals surface area contributed by atoms with Crippen molar-refractivity contribution in [2.75, 3.05) is 13.7 Å². The topological polar surface area (TPSA) is 51.4 Å². The minimum Gasteiger partial charge on any atom is -0.494 e. The molecule has 0 aliphatic heterocycles. The van der Waals surface area contributed by atoms with Crippen LogP contribution in [-0.2, 0) is 13.1 Å². The van der Waals surface area contributed by atoms with Gasteiger partial charge in [-0.3, -0.25) is 4.90 Å². The molecule has 0 N–H and O–H groups in total. The van der Waals surface area contributed by atoms with E-state index in [9.17, 15) is 0 Å². The number of rotatable bonds is 7. The molecule has 3 aromatic rings. The third-order valence-corrected chi connectivity index (χ3v) is 4.57. The minimum atomic E-state index is 0.583. The molecule has 0 amide bonds. The third-order valence-electron chi connectivity index (χ3n) is 3.35. The number of hydrogen-bond acceptors (Lipinski definition) is 6. The van der Waals surface area contributed by atoms with E-state index in [4.69, 9.17) is 20.9 Å². The largest absolute Gasteiger partial charge is 0.494 e. The van der Waals surface area contributed by atoms with Gasteiger partial charge >= 0.3 is 0 Å². The molecule has 0 aliphatic rings. The normalized spacial score (nSPS) is 11.2. The van der Waals surface area contributed by atoms with Gasteiger partial charge in [0.05, 0.1) is 17.5 Å². The average molecular weight is 364 g/mol. The standard InChI is InChI=1S/C17H18ClN3O2S/c1-3-22-13-6-4-12(5-7-13)17-19-16(23-20-17)11-21(2)10-14-8-9-15(18)24-14/h4-9H,3,10-11H2,1-2H3. The summed E-state index contributed by atoms with van der Waals surface area (Å²) in [6.07, 6.45) is 0. The summed E-state index contributed by atoms with van der Waals surface area (Å²) in [6.45, 7) is 3.98. The molecule has 0 aliphatic carbocycles. The Balaban J connectivity index is 1.62. The van der Waals surface area contributed by atoms with Crippen LogP contribution in [0.3, 0.4) is 0 Å². The van der Waals surface area contributed by atoms with E-state index in [-0.39, 0.29) is 0 Å². The molecule has 0 saturated carbocycles. The fourth-order valence-electron chi connectivity index (χ4n) is 2.29. The Morgan fingerprint density at radius 3 is 2.62 bits per heavy atom. The van der Waals surface area contributed by atoms with Crippen molar-refractivity contribution < 1.29 is 9.26 Å². The Morgan fingerprint density at radius 1 is 1.17 bits per heavy atom. The maximum atomic E-state index is 5.96. The molecule has 2 heterocycles. The highest BCUT2D eigenvalue weighted by atomic mass is 35.5. The maximum absolute atomic E-state index is 5.96. The van der Waals surface area contributed by atoms with Gasteiger partial charge in [-0.15, -0.1) is 11.3 Å². The Morgan fingerprint density at radius 2 is 1.96 bits per heavy atom. The highest BCUT2D eigenvalue weighted by Crippen LogP contribution is 2.23. The summed E-state index contributed by atoms with van der Waals surface area (Å²) in [5.74, 6) is 2.00. The Labute approximate surface area is 149 Å². The van der Waals surface area contributed by atoms with E-state index in [0.717, 1.165) is 22.2 Å². The van der Waals surface area contributed by atoms with Crippen molar-refractivity contribution in [1.29, 1.82) is 0 Å². The smallest absolute Gasteiger partial charge is 0.241 e. The molecule has 3 rings (SSSR count). The van der Waals surface area contributed by atoms with Crippen LogP contribution < -0.4 is 4.74 Å². The van der Waals surface area contributed by atoms with E-state index in [2.05, 4.69) is 15.0 Å². The van der Waals surface area contributed by atoms with E-state index in [1.165, 1.54) is 4.88 Å². The molecule has 126 valence electrons. The highest BCUT2D eigenvalue weighted by Gasteiger charge is 2.12. The van der Waals surface area contributed by atoms with Gasteiger partial charge in [-0.2, -0.15) is 4.98 Å². The minimum absolute atomic E-state index is 0.583. The van der Waals surface area contributed by atoms with Gasteiger partial charge in [0.1, 0.15) is 5.75 Å². The second-order valence-corrected chi connectivity index (χ2v) is 7.15. The summed E-state index contributed by atoms with van der Waals surface area (Å²) in [7, 11) is 2.01. The third kappa shape index (κ3) is 4.35. The summed E-state index contributed by atoms with van der Waals surface area (Å²) in [6, 6.07) is 11.6. The van der Waals surface area contributed by atoms with Crippen LogP contribution in [0.1, 0.15) is 17.7 Å². The zero-order valence-corrected chi connectivity index (χ0v) is 15.1. The predicted octanol–water partition coefficient (Wildman–Crippen LogP) is 4.48. The summed E-state index contributed by atoms with van der Waals surface area (Å²) >= 11 is 7.54. The molecule has 0 fully saturated rings. The number of benzene rings is 1. The van der Waals surface area contributed by atoms with Gasteiger partial charge in [0.25, 0.3) is 0 Å². The van der Waals surface area contributed by atoms with Crippen LogP contribution >= 0.6 is 22.9 Å². The molecule has 0 unspecified atom stereocenters. The molecule has 2 aromatic heterocycles. The van der Waals surface area contributed by atoms with Crippen LogP contribution in [0.15, 0.2) is 40.9 Å². The van der Waals surface area contributed by atoms with Crippen LogP contribution in [0, 0.1) is 0 Å². The molecular weight excluding hydrogens is 346 g/mol. The van der Waals surface area contributed by atoms with Gasteiger partial charge in [0, 0.05) is 17.0 Å². The molecule has 7 heteroatoms. The maximum Gasteiger partial charge on any atom is 0.241 e. The number of thiophene rings is 1. The van der Waals surface area contributed by atoms with Crippen LogP contribution in [0.25, 0.3) is 11.4 Å². The number of hydrogen-bond donors (Lipinski definition) is 0. The quantitative estimate of drug-likeness (QED) is 0.619.